The Morgan fingerprint density at radius 1 is 0.969 bits per heavy atom. The van der Waals surface area contributed by atoms with Gasteiger partial charge in [0.25, 0.3) is 0 Å². The summed E-state index contributed by atoms with van der Waals surface area (Å²) in [5, 5.41) is 13.3. The van der Waals surface area contributed by atoms with E-state index in [9.17, 15) is 18.3 Å². The molecule has 32 heavy (non-hydrogen) atoms. The van der Waals surface area contributed by atoms with Gasteiger partial charge in [0.05, 0.1) is 24.1 Å². The van der Waals surface area contributed by atoms with Crippen LogP contribution in [0.1, 0.15) is 0 Å². The van der Waals surface area contributed by atoms with Gasteiger partial charge in [-0.05, 0) is 36.4 Å². The number of carbonyl (C=O) groups excluding carboxylic acids is 1. The van der Waals surface area contributed by atoms with Gasteiger partial charge in [-0.15, -0.1) is 0 Å². The number of benzene rings is 3. The Morgan fingerprint density at radius 2 is 1.50 bits per heavy atom. The normalized spacial score (nSPS) is 13.1. The standard InChI is InChI=1S/C23H22ClN3O4S/c24-16-9-11-18(12-10-16)32(30,31)26(15-23(25)29)13-17(28)14-27-21-7-3-1-5-19(21)20-6-2-4-8-22(20)27/h1-12,17,28H,13-15H2,(H2,25,29)/t17-/m0/s1. The molecule has 1 heterocycles. The first-order valence-corrected chi connectivity index (χ1v) is 11.8. The maximum Gasteiger partial charge on any atom is 0.243 e. The van der Waals surface area contributed by atoms with Crippen molar-refractivity contribution < 1.29 is 18.3 Å². The van der Waals surface area contributed by atoms with Crippen LogP contribution in [0.3, 0.4) is 0 Å². The van der Waals surface area contributed by atoms with Crippen LogP contribution in [-0.2, 0) is 21.4 Å². The Morgan fingerprint density at radius 3 is 2.03 bits per heavy atom. The van der Waals surface area contributed by atoms with E-state index in [1.165, 1.54) is 24.3 Å². The van der Waals surface area contributed by atoms with Gasteiger partial charge >= 0.3 is 0 Å². The summed E-state index contributed by atoms with van der Waals surface area (Å²) in [6.45, 7) is -0.705. The highest BCUT2D eigenvalue weighted by atomic mass is 35.5. The summed E-state index contributed by atoms with van der Waals surface area (Å²) in [6.07, 6.45) is -1.09. The van der Waals surface area contributed by atoms with E-state index in [1.54, 1.807) is 0 Å². The molecule has 166 valence electrons. The highest BCUT2D eigenvalue weighted by molar-refractivity contribution is 7.89. The molecule has 3 aromatic carbocycles. The van der Waals surface area contributed by atoms with Gasteiger partial charge in [-0.25, -0.2) is 8.42 Å². The van der Waals surface area contributed by atoms with E-state index in [4.69, 9.17) is 17.3 Å². The number of hydrogen-bond acceptors (Lipinski definition) is 4. The molecule has 0 saturated heterocycles. The van der Waals surface area contributed by atoms with Crippen molar-refractivity contribution in [1.82, 2.24) is 8.87 Å². The molecule has 0 saturated carbocycles. The lowest BCUT2D eigenvalue weighted by molar-refractivity contribution is -0.118. The molecule has 0 fully saturated rings. The van der Waals surface area contributed by atoms with Crippen molar-refractivity contribution in [3.63, 3.8) is 0 Å². The van der Waals surface area contributed by atoms with Gasteiger partial charge in [-0.1, -0.05) is 48.0 Å². The molecule has 1 atom stereocenters. The first-order valence-electron chi connectivity index (χ1n) is 9.95. The third kappa shape index (κ3) is 4.35. The van der Waals surface area contributed by atoms with Crippen molar-refractivity contribution in [2.45, 2.75) is 17.5 Å². The van der Waals surface area contributed by atoms with Crippen LogP contribution in [0.2, 0.25) is 5.02 Å². The van der Waals surface area contributed by atoms with Gasteiger partial charge in [0.15, 0.2) is 0 Å². The smallest absolute Gasteiger partial charge is 0.243 e. The van der Waals surface area contributed by atoms with Crippen LogP contribution in [0.4, 0.5) is 0 Å². The Hall–Kier alpha value is -2.91. The quantitative estimate of drug-likeness (QED) is 0.412. The third-order valence-electron chi connectivity index (χ3n) is 5.27. The van der Waals surface area contributed by atoms with Crippen molar-refractivity contribution in [2.24, 2.45) is 5.73 Å². The molecule has 0 aliphatic rings. The minimum atomic E-state index is -4.07. The number of fused-ring (bicyclic) bond motifs is 3. The summed E-state index contributed by atoms with van der Waals surface area (Å²) in [5.41, 5.74) is 7.15. The van der Waals surface area contributed by atoms with E-state index >= 15 is 0 Å². The van der Waals surface area contributed by atoms with Crippen molar-refractivity contribution in [2.75, 3.05) is 13.1 Å². The second-order valence-corrected chi connectivity index (χ2v) is 9.89. The predicted octanol–water partition coefficient (Wildman–Crippen LogP) is 2.99. The zero-order valence-electron chi connectivity index (χ0n) is 17.1. The summed E-state index contributed by atoms with van der Waals surface area (Å²) in [7, 11) is -4.07. The average molecular weight is 472 g/mol. The third-order valence-corrected chi connectivity index (χ3v) is 7.35. The molecule has 1 amide bonds. The maximum absolute atomic E-state index is 13.1. The highest BCUT2D eigenvalue weighted by Gasteiger charge is 2.28. The lowest BCUT2D eigenvalue weighted by Crippen LogP contribution is -2.43. The topological polar surface area (TPSA) is 106 Å². The number of hydrogen-bond donors (Lipinski definition) is 2. The SMILES string of the molecule is NC(=O)CN(C[C@H](O)Cn1c2ccccc2c2ccccc21)S(=O)(=O)c1ccc(Cl)cc1. The first kappa shape index (κ1) is 22.3. The van der Waals surface area contributed by atoms with Crippen molar-refractivity contribution in [3.8, 4) is 0 Å². The molecule has 4 rings (SSSR count). The predicted molar refractivity (Wildman–Crippen MR) is 125 cm³/mol. The fourth-order valence-corrected chi connectivity index (χ4v) is 5.45. The molecular weight excluding hydrogens is 450 g/mol. The van der Waals surface area contributed by atoms with Gasteiger partial charge in [-0.2, -0.15) is 4.31 Å². The molecule has 7 nitrogen and oxygen atoms in total. The molecule has 9 heteroatoms. The molecular formula is C23H22ClN3O4S. The minimum absolute atomic E-state index is 0.0350. The van der Waals surface area contributed by atoms with Crippen LogP contribution in [-0.4, -0.2) is 47.5 Å². The summed E-state index contributed by atoms with van der Waals surface area (Å²) in [4.78, 5) is 11.6. The van der Waals surface area contributed by atoms with E-state index in [0.717, 1.165) is 26.1 Å². The van der Waals surface area contributed by atoms with Crippen LogP contribution in [0.25, 0.3) is 21.8 Å². The number of amides is 1. The molecule has 3 N–H and O–H groups in total. The van der Waals surface area contributed by atoms with Crippen LogP contribution < -0.4 is 5.73 Å². The monoisotopic (exact) mass is 471 g/mol. The zero-order valence-corrected chi connectivity index (χ0v) is 18.6. The number of aliphatic hydroxyl groups excluding tert-OH is 1. The van der Waals surface area contributed by atoms with Crippen LogP contribution in [0, 0.1) is 0 Å². The van der Waals surface area contributed by atoms with Gasteiger partial charge in [0, 0.05) is 33.4 Å². The Labute approximate surface area is 190 Å². The van der Waals surface area contributed by atoms with E-state index in [2.05, 4.69) is 0 Å². The van der Waals surface area contributed by atoms with Crippen LogP contribution in [0.15, 0.2) is 77.7 Å². The summed E-state index contributed by atoms with van der Waals surface area (Å²) >= 11 is 5.86. The lowest BCUT2D eigenvalue weighted by atomic mass is 10.2. The van der Waals surface area contributed by atoms with Gasteiger partial charge in [0.1, 0.15) is 0 Å². The number of rotatable bonds is 8. The fraction of sp³-hybridized carbons (Fsp3) is 0.174. The Bertz CT molecular complexity index is 1330. The Balaban J connectivity index is 1.65. The molecule has 0 aliphatic heterocycles. The molecule has 1 aromatic heterocycles. The lowest BCUT2D eigenvalue weighted by Gasteiger charge is -2.24. The largest absolute Gasteiger partial charge is 0.390 e. The van der Waals surface area contributed by atoms with Crippen molar-refractivity contribution in [3.05, 3.63) is 77.8 Å². The van der Waals surface area contributed by atoms with Crippen LogP contribution >= 0.6 is 11.6 Å². The van der Waals surface area contributed by atoms with E-state index in [0.29, 0.717) is 5.02 Å². The molecule has 0 unspecified atom stereocenters. The van der Waals surface area contributed by atoms with E-state index < -0.39 is 28.6 Å². The zero-order chi connectivity index (χ0) is 22.9. The van der Waals surface area contributed by atoms with Crippen molar-refractivity contribution in [1.29, 1.82) is 0 Å². The molecule has 0 spiro atoms. The molecule has 4 aromatic rings. The van der Waals surface area contributed by atoms with Crippen LogP contribution in [0.5, 0.6) is 0 Å². The number of primary amides is 1. The molecule has 0 aliphatic carbocycles. The number of nitrogens with zero attached hydrogens (tertiary/aromatic N) is 2. The number of para-hydroxylation sites is 2. The number of aliphatic hydroxyl groups is 1. The number of aromatic nitrogens is 1. The average Bonchev–Trinajstić information content (AvgIpc) is 3.07. The van der Waals surface area contributed by atoms with Crippen molar-refractivity contribution >= 4 is 49.3 Å². The Kier molecular flexibility index (Phi) is 6.21. The molecule has 0 bridgehead atoms. The van der Waals surface area contributed by atoms with Gasteiger partial charge < -0.3 is 15.4 Å². The van der Waals surface area contributed by atoms with Gasteiger partial charge in [-0.3, -0.25) is 4.79 Å². The number of carbonyl (C=O) groups is 1. The summed E-state index contributed by atoms with van der Waals surface area (Å²) in [5.74, 6) is -0.813. The number of sulfonamides is 1. The summed E-state index contributed by atoms with van der Waals surface area (Å²) < 4.78 is 29.0. The van der Waals surface area contributed by atoms with E-state index in [1.807, 2.05) is 53.1 Å². The van der Waals surface area contributed by atoms with Gasteiger partial charge in [0.2, 0.25) is 15.9 Å². The fourth-order valence-electron chi connectivity index (χ4n) is 3.88. The minimum Gasteiger partial charge on any atom is -0.390 e. The number of halogens is 1. The maximum atomic E-state index is 13.1. The summed E-state index contributed by atoms with van der Waals surface area (Å²) in [6, 6.07) is 21.2. The molecule has 0 radical (unpaired) electrons. The van der Waals surface area contributed by atoms with E-state index in [-0.39, 0.29) is 18.0 Å². The second kappa shape index (κ2) is 8.91. The number of nitrogens with two attached hydrogens (primary N) is 1. The first-order chi connectivity index (χ1) is 15.3. The second-order valence-electron chi connectivity index (χ2n) is 7.52. The highest BCUT2D eigenvalue weighted by Crippen LogP contribution is 2.29.